The standard InChI is InChI=1S/C45H50BrClN8O6/c1-20(2)35(51-44(58)60-5)42(56)54-31-14-12-25(31)16-33(54)40-48-30-19-29(47)28-15-24(11-13-27(28)38(30)50-40)22-7-9-23(10-8-22)37-39(46)53-41(49-37)34-18-26-17-32(26)55(34)43(57)36(21(3)4)52-45(59)61-6/h7-11,13,15,19-21,25-26,31-36H,12,14,16-18H2,1-6H3,(H,48,50)(H,49,53)(H,51,58)(H,52,59). The number of carbonyl (C=O) groups excluding carboxylic acids is 4. The van der Waals surface area contributed by atoms with Gasteiger partial charge in [0.2, 0.25) is 11.8 Å². The number of hydrogen-bond acceptors (Lipinski definition) is 8. The highest BCUT2D eigenvalue weighted by atomic mass is 79.9. The van der Waals surface area contributed by atoms with Crippen molar-refractivity contribution in [2.24, 2.45) is 23.7 Å². The van der Waals surface area contributed by atoms with Crippen molar-refractivity contribution in [2.75, 3.05) is 14.2 Å². The van der Waals surface area contributed by atoms with Crippen LogP contribution in [0.3, 0.4) is 0 Å². The molecule has 8 unspecified atom stereocenters. The van der Waals surface area contributed by atoms with E-state index in [0.29, 0.717) is 28.5 Å². The molecule has 4 amide bonds. The molecule has 4 N–H and O–H groups in total. The lowest BCUT2D eigenvalue weighted by atomic mass is 9.80. The summed E-state index contributed by atoms with van der Waals surface area (Å²) in [5, 5.41) is 7.86. The highest BCUT2D eigenvalue weighted by Gasteiger charge is 2.56. The van der Waals surface area contributed by atoms with Crippen molar-refractivity contribution >= 4 is 73.3 Å². The predicted octanol–water partition coefficient (Wildman–Crippen LogP) is 8.66. The number of carbonyl (C=O) groups is 4. The maximum Gasteiger partial charge on any atom is 0.407 e. The number of nitrogens with zero attached hydrogens (tertiary/aromatic N) is 4. The molecule has 2 saturated carbocycles. The smallest absolute Gasteiger partial charge is 0.407 e. The van der Waals surface area contributed by atoms with Crippen molar-refractivity contribution in [3.63, 3.8) is 0 Å². The van der Waals surface area contributed by atoms with Gasteiger partial charge in [-0.25, -0.2) is 19.6 Å². The third-order valence-electron chi connectivity index (χ3n) is 13.3. The fraction of sp³-hybridized carbons (Fsp3) is 0.467. The lowest BCUT2D eigenvalue weighted by Crippen LogP contribution is -2.54. The largest absolute Gasteiger partial charge is 0.453 e. The molecule has 16 heteroatoms. The van der Waals surface area contributed by atoms with Crippen molar-refractivity contribution in [3.8, 4) is 22.4 Å². The van der Waals surface area contributed by atoms with E-state index in [4.69, 9.17) is 31.0 Å². The van der Waals surface area contributed by atoms with Crippen molar-refractivity contribution in [1.82, 2.24) is 40.4 Å². The van der Waals surface area contributed by atoms with Gasteiger partial charge in [-0.3, -0.25) is 9.59 Å². The van der Waals surface area contributed by atoms with Gasteiger partial charge in [-0.2, -0.15) is 0 Å². The first-order chi connectivity index (χ1) is 29.3. The minimum atomic E-state index is -0.716. The van der Waals surface area contributed by atoms with E-state index in [9.17, 15) is 19.2 Å². The van der Waals surface area contributed by atoms with Gasteiger partial charge in [-0.05, 0) is 95.0 Å². The van der Waals surface area contributed by atoms with Crippen molar-refractivity contribution in [3.05, 3.63) is 69.8 Å². The molecule has 320 valence electrons. The molecule has 14 nitrogen and oxygen atoms in total. The molecule has 61 heavy (non-hydrogen) atoms. The number of nitrogens with one attached hydrogen (secondary N) is 4. The van der Waals surface area contributed by atoms with E-state index in [1.807, 2.05) is 61.8 Å². The molecule has 2 aliphatic carbocycles. The van der Waals surface area contributed by atoms with E-state index < -0.39 is 24.3 Å². The third kappa shape index (κ3) is 7.30. The molecule has 0 bridgehead atoms. The number of alkyl carbamates (subject to hydrolysis) is 2. The van der Waals surface area contributed by atoms with E-state index in [-0.39, 0.29) is 47.8 Å². The van der Waals surface area contributed by atoms with E-state index in [1.54, 1.807) is 0 Å². The number of ether oxygens (including phenoxy) is 2. The zero-order valence-electron chi connectivity index (χ0n) is 34.9. The second kappa shape index (κ2) is 16.0. The molecular weight excluding hydrogens is 864 g/mol. The maximum atomic E-state index is 14.1. The SMILES string of the molecule is COC(=O)NC(C(=O)N1C(c2nc(-c3ccc(-c4ccc5c(c4)c(Cl)cc4[nH]c(C6CC7CCC7N6C(=O)C(NC(=O)OC)C(C)C)nc45)cc3)c(Br)[nH]2)CC2CC21)C(C)C. The van der Waals surface area contributed by atoms with Crippen LogP contribution < -0.4 is 10.6 Å². The Morgan fingerprint density at radius 2 is 1.30 bits per heavy atom. The van der Waals surface area contributed by atoms with E-state index in [2.05, 4.69) is 60.8 Å². The van der Waals surface area contributed by atoms with Crippen molar-refractivity contribution in [2.45, 2.75) is 96.1 Å². The first kappa shape index (κ1) is 41.2. The Bertz CT molecular complexity index is 2560. The Kier molecular flexibility index (Phi) is 10.8. The molecule has 4 fully saturated rings. The van der Waals surface area contributed by atoms with Crippen LogP contribution in [0.4, 0.5) is 9.59 Å². The number of amides is 4. The van der Waals surface area contributed by atoms with E-state index in [1.165, 1.54) is 14.2 Å². The molecule has 2 aliphatic heterocycles. The van der Waals surface area contributed by atoms with E-state index in [0.717, 1.165) is 80.9 Å². The van der Waals surface area contributed by atoms with Crippen LogP contribution in [-0.2, 0) is 19.1 Å². The van der Waals surface area contributed by atoms with Gasteiger partial charge in [0.25, 0.3) is 0 Å². The topological polar surface area (TPSA) is 175 Å². The molecule has 5 aromatic rings. The van der Waals surface area contributed by atoms with Crippen molar-refractivity contribution in [1.29, 1.82) is 0 Å². The lowest BCUT2D eigenvalue weighted by Gasteiger charge is -2.39. The molecule has 0 radical (unpaired) electrons. The second-order valence-corrected chi connectivity index (χ2v) is 18.9. The van der Waals surface area contributed by atoms with Gasteiger partial charge in [-0.1, -0.05) is 75.7 Å². The number of imidazole rings is 2. The molecular formula is C45H50BrClN8O6. The van der Waals surface area contributed by atoms with E-state index >= 15 is 0 Å². The summed E-state index contributed by atoms with van der Waals surface area (Å²) in [5.41, 5.74) is 5.22. The monoisotopic (exact) mass is 912 g/mol. The number of aromatic nitrogens is 4. The Labute approximate surface area is 367 Å². The molecule has 2 aromatic heterocycles. The van der Waals surface area contributed by atoms with Crippen LogP contribution in [0, 0.1) is 23.7 Å². The molecule has 0 spiro atoms. The van der Waals surface area contributed by atoms with Gasteiger partial charge >= 0.3 is 12.2 Å². The minimum Gasteiger partial charge on any atom is -0.453 e. The first-order valence-electron chi connectivity index (χ1n) is 21.1. The zero-order chi connectivity index (χ0) is 43.0. The van der Waals surface area contributed by atoms with Gasteiger partial charge in [0.15, 0.2) is 0 Å². The quantitative estimate of drug-likeness (QED) is 0.108. The van der Waals surface area contributed by atoms with Gasteiger partial charge in [0.05, 0.1) is 42.4 Å². The molecule has 9 rings (SSSR count). The van der Waals surface area contributed by atoms with Gasteiger partial charge < -0.3 is 39.9 Å². The van der Waals surface area contributed by atoms with Crippen LogP contribution in [0.15, 0.2) is 53.1 Å². The normalized spacial score (nSPS) is 23.8. The average Bonchev–Trinajstić information content (AvgIpc) is 3.50. The minimum absolute atomic E-state index is 0.108. The lowest BCUT2D eigenvalue weighted by molar-refractivity contribution is -0.139. The highest BCUT2D eigenvalue weighted by Crippen LogP contribution is 2.54. The number of methoxy groups -OCH3 is 2. The summed E-state index contributed by atoms with van der Waals surface area (Å²) in [6, 6.07) is 14.6. The zero-order valence-corrected chi connectivity index (χ0v) is 37.3. The summed E-state index contributed by atoms with van der Waals surface area (Å²) >= 11 is 10.7. The van der Waals surface area contributed by atoms with Crippen LogP contribution in [0.5, 0.6) is 0 Å². The number of rotatable bonds is 10. The number of halogens is 2. The summed E-state index contributed by atoms with van der Waals surface area (Å²) in [4.78, 5) is 73.3. The fourth-order valence-corrected chi connectivity index (χ4v) is 10.7. The van der Waals surface area contributed by atoms with Crippen LogP contribution in [0.25, 0.3) is 44.2 Å². The number of H-pyrrole nitrogens is 2. The predicted molar refractivity (Wildman–Crippen MR) is 234 cm³/mol. The molecule has 4 aliphatic rings. The summed E-state index contributed by atoms with van der Waals surface area (Å²) in [5.74, 6) is 1.73. The van der Waals surface area contributed by atoms with Crippen molar-refractivity contribution < 1.29 is 28.7 Å². The maximum absolute atomic E-state index is 14.1. The second-order valence-electron chi connectivity index (χ2n) is 17.7. The Morgan fingerprint density at radius 1 is 0.721 bits per heavy atom. The molecule has 8 atom stereocenters. The Hall–Kier alpha value is -5.15. The number of aromatic amines is 2. The number of piperidine rings is 1. The fourth-order valence-electron chi connectivity index (χ4n) is 9.87. The summed E-state index contributed by atoms with van der Waals surface area (Å²) in [7, 11) is 2.60. The average molecular weight is 914 g/mol. The first-order valence-corrected chi connectivity index (χ1v) is 22.2. The highest BCUT2D eigenvalue weighted by molar-refractivity contribution is 9.10. The van der Waals surface area contributed by atoms with Crippen LogP contribution in [0.1, 0.15) is 83.5 Å². The summed E-state index contributed by atoms with van der Waals surface area (Å²) in [6.45, 7) is 7.67. The van der Waals surface area contributed by atoms with Crippen LogP contribution in [0.2, 0.25) is 5.02 Å². The molecule has 2 saturated heterocycles. The Balaban J connectivity index is 0.959. The summed E-state index contributed by atoms with van der Waals surface area (Å²) < 4.78 is 10.4. The van der Waals surface area contributed by atoms with Crippen LogP contribution >= 0.6 is 27.5 Å². The van der Waals surface area contributed by atoms with Gasteiger partial charge in [0.1, 0.15) is 34.0 Å². The summed E-state index contributed by atoms with van der Waals surface area (Å²) in [6.07, 6.45) is 3.29. The number of hydrogen-bond donors (Lipinski definition) is 4. The molecule has 3 aromatic carbocycles. The van der Waals surface area contributed by atoms with Gasteiger partial charge in [0, 0.05) is 28.4 Å². The number of fused-ring (bicyclic) bond motifs is 5. The number of benzene rings is 3. The third-order valence-corrected chi connectivity index (χ3v) is 14.2. The Morgan fingerprint density at radius 3 is 1.89 bits per heavy atom. The van der Waals surface area contributed by atoms with Crippen LogP contribution in [-0.4, -0.2) is 92.1 Å². The van der Waals surface area contributed by atoms with Gasteiger partial charge in [-0.15, -0.1) is 0 Å². The number of likely N-dealkylation sites (tertiary alicyclic amines) is 2. The molecule has 4 heterocycles.